The van der Waals surface area contributed by atoms with Gasteiger partial charge in [-0.05, 0) is 41.5 Å². The molecule has 116 valence electrons. The van der Waals surface area contributed by atoms with Crippen molar-refractivity contribution >= 4 is 0 Å². The predicted octanol–water partition coefficient (Wildman–Crippen LogP) is 6.40. The third kappa shape index (κ3) is 2.96. The topological polar surface area (TPSA) is 15.8 Å². The van der Waals surface area contributed by atoms with Crippen molar-refractivity contribution in [1.29, 1.82) is 0 Å². The minimum atomic E-state index is 0.702. The molecule has 1 aliphatic carbocycles. The van der Waals surface area contributed by atoms with Crippen LogP contribution in [0.5, 0.6) is 0 Å². The summed E-state index contributed by atoms with van der Waals surface area (Å²) < 4.78 is 0. The molecule has 2 aromatic carbocycles. The Hall–Kier alpha value is -2.28. The van der Waals surface area contributed by atoms with Gasteiger partial charge in [0.15, 0.2) is 0 Å². The zero-order valence-corrected chi connectivity index (χ0v) is 13.5. The first-order chi connectivity index (χ1) is 11.4. The van der Waals surface area contributed by atoms with Crippen LogP contribution in [0, 0.1) is 0 Å². The van der Waals surface area contributed by atoms with Crippen LogP contribution in [0.4, 0.5) is 0 Å². The highest BCUT2D eigenvalue weighted by Gasteiger charge is 2.21. The Morgan fingerprint density at radius 1 is 0.696 bits per heavy atom. The van der Waals surface area contributed by atoms with Crippen LogP contribution in [0.1, 0.15) is 43.6 Å². The number of benzene rings is 2. The molecule has 1 heterocycles. The lowest BCUT2D eigenvalue weighted by atomic mass is 9.83. The van der Waals surface area contributed by atoms with Gasteiger partial charge in [-0.25, -0.2) is 0 Å². The van der Waals surface area contributed by atoms with Gasteiger partial charge < -0.3 is 4.98 Å². The average molecular weight is 301 g/mol. The third-order valence-corrected chi connectivity index (χ3v) is 5.04. The van der Waals surface area contributed by atoms with Crippen molar-refractivity contribution in [2.45, 2.75) is 38.0 Å². The summed E-state index contributed by atoms with van der Waals surface area (Å²) in [4.78, 5) is 3.71. The highest BCUT2D eigenvalue weighted by molar-refractivity contribution is 5.72. The fourth-order valence-corrected chi connectivity index (χ4v) is 3.82. The second kappa shape index (κ2) is 6.45. The number of aromatic nitrogens is 1. The lowest BCUT2D eigenvalue weighted by Crippen LogP contribution is -2.04. The lowest BCUT2D eigenvalue weighted by Gasteiger charge is -2.22. The molecular weight excluding hydrogens is 278 g/mol. The molecular formula is C22H23N. The summed E-state index contributed by atoms with van der Waals surface area (Å²) in [6.45, 7) is 0. The van der Waals surface area contributed by atoms with Gasteiger partial charge in [0.2, 0.25) is 0 Å². The van der Waals surface area contributed by atoms with Crippen LogP contribution in [0.15, 0.2) is 66.7 Å². The third-order valence-electron chi connectivity index (χ3n) is 5.04. The molecule has 0 unspecified atom stereocenters. The molecule has 1 saturated carbocycles. The minimum Gasteiger partial charge on any atom is -0.354 e. The maximum absolute atomic E-state index is 3.71. The smallest absolute Gasteiger partial charge is 0.0494 e. The van der Waals surface area contributed by atoms with Gasteiger partial charge in [0.25, 0.3) is 0 Å². The van der Waals surface area contributed by atoms with E-state index in [9.17, 15) is 0 Å². The first-order valence-electron chi connectivity index (χ1n) is 8.75. The van der Waals surface area contributed by atoms with Crippen molar-refractivity contribution in [3.8, 4) is 22.5 Å². The zero-order chi connectivity index (χ0) is 15.5. The van der Waals surface area contributed by atoms with E-state index >= 15 is 0 Å². The van der Waals surface area contributed by atoms with Crippen LogP contribution in [0.25, 0.3) is 22.5 Å². The molecule has 0 spiro atoms. The molecule has 0 radical (unpaired) electrons. The molecule has 1 aromatic heterocycles. The molecule has 0 aliphatic heterocycles. The van der Waals surface area contributed by atoms with E-state index in [2.05, 4.69) is 71.7 Å². The second-order valence-corrected chi connectivity index (χ2v) is 6.58. The van der Waals surface area contributed by atoms with Gasteiger partial charge in [-0.2, -0.15) is 0 Å². The number of aromatic amines is 1. The molecule has 1 aliphatic rings. The number of H-pyrrole nitrogens is 1. The summed E-state index contributed by atoms with van der Waals surface area (Å²) in [5.41, 5.74) is 6.64. The highest BCUT2D eigenvalue weighted by atomic mass is 14.7. The quantitative estimate of drug-likeness (QED) is 0.576. The fraction of sp³-hybridized carbons (Fsp3) is 0.273. The first-order valence-corrected chi connectivity index (χ1v) is 8.75. The van der Waals surface area contributed by atoms with Crippen molar-refractivity contribution in [3.05, 3.63) is 72.3 Å². The van der Waals surface area contributed by atoms with E-state index < -0.39 is 0 Å². The maximum Gasteiger partial charge on any atom is 0.0494 e. The fourth-order valence-electron chi connectivity index (χ4n) is 3.82. The van der Waals surface area contributed by atoms with Gasteiger partial charge in [0.05, 0.1) is 0 Å². The molecule has 3 aromatic rings. The molecule has 0 bridgehead atoms. The Balaban J connectivity index is 1.80. The van der Waals surface area contributed by atoms with E-state index in [0.29, 0.717) is 5.92 Å². The Kier molecular flexibility index (Phi) is 4.02. The second-order valence-electron chi connectivity index (χ2n) is 6.58. The highest BCUT2D eigenvalue weighted by Crippen LogP contribution is 2.40. The van der Waals surface area contributed by atoms with Gasteiger partial charge in [0.1, 0.15) is 0 Å². The normalized spacial score (nSPS) is 15.7. The number of hydrogen-bond acceptors (Lipinski definition) is 0. The molecule has 0 atom stereocenters. The molecule has 23 heavy (non-hydrogen) atoms. The maximum atomic E-state index is 3.71. The number of hydrogen-bond donors (Lipinski definition) is 1. The average Bonchev–Trinajstić information content (AvgIpc) is 3.09. The summed E-state index contributed by atoms with van der Waals surface area (Å²) in [6.07, 6.45) is 6.78. The zero-order valence-electron chi connectivity index (χ0n) is 13.5. The van der Waals surface area contributed by atoms with Crippen LogP contribution < -0.4 is 0 Å². The lowest BCUT2D eigenvalue weighted by molar-refractivity contribution is 0.444. The van der Waals surface area contributed by atoms with Gasteiger partial charge in [0, 0.05) is 11.4 Å². The standard InChI is InChI=1S/C22H23N/c1-4-10-17(11-5-1)20-16-21(18-12-6-2-7-13-18)23-22(20)19-14-8-3-9-15-19/h2-3,6-9,12-17,23H,1,4-5,10-11H2. The molecule has 0 saturated heterocycles. The molecule has 1 fully saturated rings. The van der Waals surface area contributed by atoms with Gasteiger partial charge >= 0.3 is 0 Å². The van der Waals surface area contributed by atoms with Crippen molar-refractivity contribution in [2.75, 3.05) is 0 Å². The van der Waals surface area contributed by atoms with E-state index in [0.717, 1.165) is 0 Å². The van der Waals surface area contributed by atoms with Crippen LogP contribution in [0.2, 0.25) is 0 Å². The molecule has 1 N–H and O–H groups in total. The Morgan fingerprint density at radius 3 is 1.96 bits per heavy atom. The molecule has 1 heteroatoms. The van der Waals surface area contributed by atoms with Gasteiger partial charge in [-0.3, -0.25) is 0 Å². The molecule has 0 amide bonds. The van der Waals surface area contributed by atoms with E-state index in [4.69, 9.17) is 0 Å². The van der Waals surface area contributed by atoms with Crippen LogP contribution >= 0.6 is 0 Å². The summed E-state index contributed by atoms with van der Waals surface area (Å²) in [5, 5.41) is 0. The molecule has 1 nitrogen and oxygen atoms in total. The monoisotopic (exact) mass is 301 g/mol. The summed E-state index contributed by atoms with van der Waals surface area (Å²) >= 11 is 0. The number of nitrogens with one attached hydrogen (secondary N) is 1. The largest absolute Gasteiger partial charge is 0.354 e. The van der Waals surface area contributed by atoms with Crippen molar-refractivity contribution in [2.24, 2.45) is 0 Å². The SMILES string of the molecule is c1ccc(-c2cc(C3CCCCC3)c(-c3ccccc3)[nH]2)cc1. The summed E-state index contributed by atoms with van der Waals surface area (Å²) in [6, 6.07) is 23.8. The number of rotatable bonds is 3. The van der Waals surface area contributed by atoms with Gasteiger partial charge in [-0.15, -0.1) is 0 Å². The van der Waals surface area contributed by atoms with Crippen LogP contribution in [0.3, 0.4) is 0 Å². The Morgan fingerprint density at radius 2 is 1.30 bits per heavy atom. The van der Waals surface area contributed by atoms with E-state index in [1.165, 1.54) is 60.2 Å². The van der Waals surface area contributed by atoms with Crippen LogP contribution in [-0.4, -0.2) is 4.98 Å². The van der Waals surface area contributed by atoms with Gasteiger partial charge in [-0.1, -0.05) is 79.9 Å². The Bertz CT molecular complexity index is 749. The molecule has 4 rings (SSSR count). The summed E-state index contributed by atoms with van der Waals surface area (Å²) in [7, 11) is 0. The minimum absolute atomic E-state index is 0.702. The summed E-state index contributed by atoms with van der Waals surface area (Å²) in [5.74, 6) is 0.702. The first kappa shape index (κ1) is 14.3. The van der Waals surface area contributed by atoms with E-state index in [1.54, 1.807) is 0 Å². The van der Waals surface area contributed by atoms with Crippen molar-refractivity contribution in [1.82, 2.24) is 4.98 Å². The van der Waals surface area contributed by atoms with Crippen molar-refractivity contribution < 1.29 is 0 Å². The van der Waals surface area contributed by atoms with Crippen molar-refractivity contribution in [3.63, 3.8) is 0 Å². The predicted molar refractivity (Wildman–Crippen MR) is 97.5 cm³/mol. The van der Waals surface area contributed by atoms with E-state index in [1.807, 2.05) is 0 Å². The van der Waals surface area contributed by atoms with E-state index in [-0.39, 0.29) is 0 Å². The Labute approximate surface area is 138 Å². The van der Waals surface area contributed by atoms with Crippen LogP contribution in [-0.2, 0) is 0 Å².